The third kappa shape index (κ3) is 2.57. The molecule has 92 valence electrons. The zero-order valence-electron chi connectivity index (χ0n) is 10.5. The summed E-state index contributed by atoms with van der Waals surface area (Å²) in [6.45, 7) is 6.29. The monoisotopic (exact) mass is 224 g/mol. The Kier molecular flexibility index (Phi) is 3.53. The molecular weight excluding hydrogens is 200 g/mol. The second-order valence-corrected chi connectivity index (χ2v) is 5.93. The first kappa shape index (κ1) is 11.9. The van der Waals surface area contributed by atoms with Gasteiger partial charge < -0.3 is 10.6 Å². The molecular formula is C13H24N2O. The number of nitrogens with one attached hydrogen (secondary N) is 2. The van der Waals surface area contributed by atoms with E-state index in [0.29, 0.717) is 11.3 Å². The standard InChI is InChI=1S/C13H24N2O/c1-10-5-8-14-11(10)12(16)15-9-13(2)6-3-4-7-13/h10-11,14H,3-9H2,1-2H3,(H,15,16). The van der Waals surface area contributed by atoms with Crippen molar-refractivity contribution in [1.82, 2.24) is 10.6 Å². The second kappa shape index (κ2) is 4.74. The summed E-state index contributed by atoms with van der Waals surface area (Å²) in [5, 5.41) is 6.42. The Hall–Kier alpha value is -0.570. The van der Waals surface area contributed by atoms with Crippen LogP contribution >= 0.6 is 0 Å². The summed E-state index contributed by atoms with van der Waals surface area (Å²) in [5.41, 5.74) is 0.359. The molecule has 2 rings (SSSR count). The van der Waals surface area contributed by atoms with Gasteiger partial charge in [-0.2, -0.15) is 0 Å². The molecule has 0 bridgehead atoms. The Labute approximate surface area is 98.4 Å². The Balaban J connectivity index is 1.79. The van der Waals surface area contributed by atoms with E-state index in [2.05, 4.69) is 24.5 Å². The van der Waals surface area contributed by atoms with E-state index in [4.69, 9.17) is 0 Å². The largest absolute Gasteiger partial charge is 0.354 e. The highest BCUT2D eigenvalue weighted by Crippen LogP contribution is 2.36. The van der Waals surface area contributed by atoms with Gasteiger partial charge in [-0.15, -0.1) is 0 Å². The highest BCUT2D eigenvalue weighted by molar-refractivity contribution is 5.82. The van der Waals surface area contributed by atoms with Crippen molar-refractivity contribution < 1.29 is 4.79 Å². The summed E-state index contributed by atoms with van der Waals surface area (Å²) >= 11 is 0. The minimum Gasteiger partial charge on any atom is -0.354 e. The van der Waals surface area contributed by atoms with E-state index >= 15 is 0 Å². The number of hydrogen-bond acceptors (Lipinski definition) is 2. The number of amides is 1. The molecule has 0 radical (unpaired) electrons. The zero-order valence-corrected chi connectivity index (χ0v) is 10.5. The van der Waals surface area contributed by atoms with Gasteiger partial charge >= 0.3 is 0 Å². The van der Waals surface area contributed by atoms with Crippen LogP contribution in [-0.2, 0) is 4.79 Å². The van der Waals surface area contributed by atoms with Gasteiger partial charge in [0, 0.05) is 6.54 Å². The van der Waals surface area contributed by atoms with Gasteiger partial charge in [-0.3, -0.25) is 4.79 Å². The predicted octanol–water partition coefficient (Wildman–Crippen LogP) is 1.68. The van der Waals surface area contributed by atoms with Gasteiger partial charge in [0.2, 0.25) is 5.91 Å². The van der Waals surface area contributed by atoms with Crippen LogP contribution in [0, 0.1) is 11.3 Å². The van der Waals surface area contributed by atoms with Gasteiger partial charge in [-0.05, 0) is 37.1 Å². The van der Waals surface area contributed by atoms with E-state index in [0.717, 1.165) is 19.5 Å². The van der Waals surface area contributed by atoms with E-state index in [1.54, 1.807) is 0 Å². The normalized spacial score (nSPS) is 32.9. The summed E-state index contributed by atoms with van der Waals surface area (Å²) in [6, 6.07) is 0.0463. The molecule has 1 aliphatic carbocycles. The van der Waals surface area contributed by atoms with Crippen LogP contribution < -0.4 is 10.6 Å². The first-order valence-corrected chi connectivity index (χ1v) is 6.62. The average molecular weight is 224 g/mol. The molecule has 2 N–H and O–H groups in total. The Morgan fingerprint density at radius 2 is 2.12 bits per heavy atom. The Bertz CT molecular complexity index is 259. The van der Waals surface area contributed by atoms with Crippen molar-refractivity contribution in [2.24, 2.45) is 11.3 Å². The molecule has 1 heterocycles. The van der Waals surface area contributed by atoms with Crippen LogP contribution in [0.15, 0.2) is 0 Å². The molecule has 1 saturated carbocycles. The SMILES string of the molecule is CC1CCNC1C(=O)NCC1(C)CCCC1. The molecule has 0 aromatic heterocycles. The van der Waals surface area contributed by atoms with E-state index in [1.807, 2.05) is 0 Å². The van der Waals surface area contributed by atoms with Gasteiger partial charge in [0.1, 0.15) is 0 Å². The lowest BCUT2D eigenvalue weighted by Crippen LogP contribution is -2.46. The van der Waals surface area contributed by atoms with Crippen LogP contribution in [0.25, 0.3) is 0 Å². The summed E-state index contributed by atoms with van der Waals surface area (Å²) < 4.78 is 0. The number of hydrogen-bond donors (Lipinski definition) is 2. The molecule has 1 saturated heterocycles. The maximum atomic E-state index is 12.0. The second-order valence-electron chi connectivity index (χ2n) is 5.93. The summed E-state index contributed by atoms with van der Waals surface area (Å²) in [5.74, 6) is 0.689. The predicted molar refractivity (Wildman–Crippen MR) is 65.2 cm³/mol. The lowest BCUT2D eigenvalue weighted by Gasteiger charge is -2.25. The van der Waals surface area contributed by atoms with Gasteiger partial charge in [0.15, 0.2) is 0 Å². The lowest BCUT2D eigenvalue weighted by atomic mass is 9.88. The third-order valence-corrected chi connectivity index (χ3v) is 4.32. The van der Waals surface area contributed by atoms with Crippen LogP contribution in [0.1, 0.15) is 46.0 Å². The van der Waals surface area contributed by atoms with Gasteiger partial charge in [0.05, 0.1) is 6.04 Å². The van der Waals surface area contributed by atoms with Crippen molar-refractivity contribution >= 4 is 5.91 Å². The van der Waals surface area contributed by atoms with Crippen molar-refractivity contribution in [2.75, 3.05) is 13.1 Å². The van der Waals surface area contributed by atoms with Crippen LogP contribution in [-0.4, -0.2) is 25.0 Å². The molecule has 3 nitrogen and oxygen atoms in total. The number of carbonyl (C=O) groups is 1. The summed E-state index contributed by atoms with van der Waals surface area (Å²) in [6.07, 6.45) is 6.30. The van der Waals surface area contributed by atoms with Crippen molar-refractivity contribution in [3.63, 3.8) is 0 Å². The average Bonchev–Trinajstić information content (AvgIpc) is 2.85. The molecule has 1 amide bonds. The molecule has 0 aromatic carbocycles. The molecule has 1 aliphatic heterocycles. The van der Waals surface area contributed by atoms with Crippen molar-refractivity contribution in [2.45, 2.75) is 52.0 Å². The van der Waals surface area contributed by atoms with Gasteiger partial charge in [0.25, 0.3) is 0 Å². The molecule has 16 heavy (non-hydrogen) atoms. The highest BCUT2D eigenvalue weighted by Gasteiger charge is 2.32. The molecule has 2 unspecified atom stereocenters. The van der Waals surface area contributed by atoms with Crippen LogP contribution in [0.3, 0.4) is 0 Å². The lowest BCUT2D eigenvalue weighted by molar-refractivity contribution is -0.124. The van der Waals surface area contributed by atoms with E-state index in [1.165, 1.54) is 25.7 Å². The van der Waals surface area contributed by atoms with E-state index in [9.17, 15) is 4.79 Å². The summed E-state index contributed by atoms with van der Waals surface area (Å²) in [4.78, 5) is 12.0. The van der Waals surface area contributed by atoms with E-state index < -0.39 is 0 Å². The highest BCUT2D eigenvalue weighted by atomic mass is 16.2. The molecule has 0 spiro atoms. The van der Waals surface area contributed by atoms with Gasteiger partial charge in [-0.1, -0.05) is 26.7 Å². The quantitative estimate of drug-likeness (QED) is 0.766. The minimum absolute atomic E-state index is 0.0463. The number of rotatable bonds is 3. The fourth-order valence-electron chi connectivity index (χ4n) is 3.00. The maximum absolute atomic E-state index is 12.0. The minimum atomic E-state index is 0.0463. The molecule has 2 fully saturated rings. The number of carbonyl (C=O) groups excluding carboxylic acids is 1. The summed E-state index contributed by atoms with van der Waals surface area (Å²) in [7, 11) is 0. The van der Waals surface area contributed by atoms with Gasteiger partial charge in [-0.25, -0.2) is 0 Å². The third-order valence-electron chi connectivity index (χ3n) is 4.32. The molecule has 2 atom stereocenters. The van der Waals surface area contributed by atoms with Crippen LogP contribution in [0.2, 0.25) is 0 Å². The van der Waals surface area contributed by atoms with Crippen LogP contribution in [0.5, 0.6) is 0 Å². The molecule has 0 aromatic rings. The topological polar surface area (TPSA) is 41.1 Å². The fourth-order valence-corrected chi connectivity index (χ4v) is 3.00. The first-order valence-electron chi connectivity index (χ1n) is 6.62. The fraction of sp³-hybridized carbons (Fsp3) is 0.923. The molecule has 3 heteroatoms. The first-order chi connectivity index (χ1) is 7.61. The molecule has 2 aliphatic rings. The van der Waals surface area contributed by atoms with Crippen molar-refractivity contribution in [3.05, 3.63) is 0 Å². The van der Waals surface area contributed by atoms with Crippen molar-refractivity contribution in [1.29, 1.82) is 0 Å². The van der Waals surface area contributed by atoms with Crippen LogP contribution in [0.4, 0.5) is 0 Å². The van der Waals surface area contributed by atoms with Crippen molar-refractivity contribution in [3.8, 4) is 0 Å². The van der Waals surface area contributed by atoms with E-state index in [-0.39, 0.29) is 11.9 Å². The zero-order chi connectivity index (χ0) is 11.6. The smallest absolute Gasteiger partial charge is 0.237 e. The maximum Gasteiger partial charge on any atom is 0.237 e. The Morgan fingerprint density at radius 1 is 1.44 bits per heavy atom. The Morgan fingerprint density at radius 3 is 2.69 bits per heavy atom.